The molecule has 3 rings (SSSR count). The summed E-state index contributed by atoms with van der Waals surface area (Å²) >= 11 is 6.89. The van der Waals surface area contributed by atoms with Gasteiger partial charge >= 0.3 is 0 Å². The molecule has 1 aromatic heterocycles. The van der Waals surface area contributed by atoms with E-state index in [1.165, 1.54) is 4.68 Å². The second kappa shape index (κ2) is 9.09. The molecule has 0 unspecified atom stereocenters. The van der Waals surface area contributed by atoms with Crippen molar-refractivity contribution in [2.75, 3.05) is 14.2 Å². The van der Waals surface area contributed by atoms with Gasteiger partial charge in [-0.1, -0.05) is 29.8 Å². The number of benzene rings is 2. The highest BCUT2D eigenvalue weighted by Crippen LogP contribution is 2.32. The van der Waals surface area contributed by atoms with Gasteiger partial charge in [0.2, 0.25) is 0 Å². The van der Waals surface area contributed by atoms with Crippen molar-refractivity contribution in [2.24, 2.45) is 5.10 Å². The Kier molecular flexibility index (Phi) is 6.74. The van der Waals surface area contributed by atoms with Gasteiger partial charge in [0.25, 0.3) is 5.56 Å². The van der Waals surface area contributed by atoms with E-state index >= 15 is 0 Å². The van der Waals surface area contributed by atoms with Crippen molar-refractivity contribution >= 4 is 49.0 Å². The Morgan fingerprint density at radius 3 is 2.55 bits per heavy atom. The Balaban J connectivity index is 2.20. The standard InChI is InChI=1S/C21H21Br2N3O3/c1-5-12(2)20-25-17-7-6-14(22)9-15(17)21(27)26(20)24-11-13-8-16(23)19(29-4)10-18(13)28-3/h6-12H,5H2,1-4H3/t12-/m1/s1. The number of fused-ring (bicyclic) bond motifs is 1. The average molecular weight is 523 g/mol. The van der Waals surface area contributed by atoms with Gasteiger partial charge < -0.3 is 9.47 Å². The summed E-state index contributed by atoms with van der Waals surface area (Å²) in [6.07, 6.45) is 2.43. The maximum absolute atomic E-state index is 13.2. The third kappa shape index (κ3) is 4.38. The molecule has 0 saturated carbocycles. The maximum Gasteiger partial charge on any atom is 0.282 e. The molecule has 0 fully saturated rings. The zero-order valence-electron chi connectivity index (χ0n) is 16.6. The van der Waals surface area contributed by atoms with Crippen LogP contribution in [-0.4, -0.2) is 30.1 Å². The molecule has 8 heteroatoms. The molecule has 0 N–H and O–H groups in total. The van der Waals surface area contributed by atoms with Crippen LogP contribution in [0.15, 0.2) is 49.2 Å². The van der Waals surface area contributed by atoms with Crippen LogP contribution in [0, 0.1) is 0 Å². The minimum atomic E-state index is -0.214. The molecule has 6 nitrogen and oxygen atoms in total. The number of ether oxygens (including phenoxy) is 2. The third-order valence-electron chi connectivity index (χ3n) is 4.70. The summed E-state index contributed by atoms with van der Waals surface area (Å²) in [5.41, 5.74) is 1.15. The molecular weight excluding hydrogens is 502 g/mol. The van der Waals surface area contributed by atoms with Crippen LogP contribution in [-0.2, 0) is 0 Å². The smallest absolute Gasteiger partial charge is 0.282 e. The molecule has 1 atom stereocenters. The molecule has 0 aliphatic carbocycles. The Hall–Kier alpha value is -2.19. The van der Waals surface area contributed by atoms with E-state index in [0.29, 0.717) is 33.8 Å². The van der Waals surface area contributed by atoms with Crippen molar-refractivity contribution in [3.63, 3.8) is 0 Å². The predicted octanol–water partition coefficient (Wildman–Crippen LogP) is 5.33. The monoisotopic (exact) mass is 521 g/mol. The molecule has 152 valence electrons. The lowest BCUT2D eigenvalue weighted by atomic mass is 10.1. The van der Waals surface area contributed by atoms with Gasteiger partial charge in [-0.25, -0.2) is 4.98 Å². The van der Waals surface area contributed by atoms with Crippen molar-refractivity contribution in [1.82, 2.24) is 9.66 Å². The molecule has 3 aromatic rings. The number of halogens is 2. The number of hydrogen-bond acceptors (Lipinski definition) is 5. The molecule has 2 aromatic carbocycles. The maximum atomic E-state index is 13.2. The zero-order chi connectivity index (χ0) is 21.1. The first-order chi connectivity index (χ1) is 13.9. The number of nitrogens with zero attached hydrogens (tertiary/aromatic N) is 3. The van der Waals surface area contributed by atoms with Gasteiger partial charge in [0.1, 0.15) is 17.3 Å². The summed E-state index contributed by atoms with van der Waals surface area (Å²) in [4.78, 5) is 17.9. The van der Waals surface area contributed by atoms with Crippen molar-refractivity contribution < 1.29 is 9.47 Å². The summed E-state index contributed by atoms with van der Waals surface area (Å²) in [6.45, 7) is 4.09. The molecule has 0 bridgehead atoms. The van der Waals surface area contributed by atoms with Gasteiger partial charge in [0.05, 0.1) is 35.8 Å². The van der Waals surface area contributed by atoms with Gasteiger partial charge in [-0.05, 0) is 46.6 Å². The van der Waals surface area contributed by atoms with Crippen LogP contribution >= 0.6 is 31.9 Å². The van der Waals surface area contributed by atoms with Crippen molar-refractivity contribution in [3.05, 3.63) is 61.0 Å². The van der Waals surface area contributed by atoms with Gasteiger partial charge in [-0.2, -0.15) is 9.78 Å². The molecule has 0 aliphatic rings. The van der Waals surface area contributed by atoms with Gasteiger partial charge in [0, 0.05) is 22.0 Å². The van der Waals surface area contributed by atoms with E-state index < -0.39 is 0 Å². The fraction of sp³-hybridized carbons (Fsp3) is 0.286. The van der Waals surface area contributed by atoms with Crippen LogP contribution < -0.4 is 15.0 Å². The average Bonchev–Trinajstić information content (AvgIpc) is 2.72. The first kappa shape index (κ1) is 21.5. The van der Waals surface area contributed by atoms with Crippen molar-refractivity contribution in [1.29, 1.82) is 0 Å². The number of hydrogen-bond donors (Lipinski definition) is 0. The molecule has 29 heavy (non-hydrogen) atoms. The van der Waals surface area contributed by atoms with E-state index in [4.69, 9.17) is 14.5 Å². The van der Waals surface area contributed by atoms with Crippen LogP contribution in [0.3, 0.4) is 0 Å². The fourth-order valence-electron chi connectivity index (χ4n) is 2.88. The van der Waals surface area contributed by atoms with Crippen LogP contribution in [0.5, 0.6) is 11.5 Å². The number of aromatic nitrogens is 2. The first-order valence-corrected chi connectivity index (χ1v) is 10.7. The summed E-state index contributed by atoms with van der Waals surface area (Å²) in [7, 11) is 3.16. The zero-order valence-corrected chi connectivity index (χ0v) is 19.7. The molecular formula is C21H21Br2N3O3. The summed E-state index contributed by atoms with van der Waals surface area (Å²) < 4.78 is 13.7. The molecule has 0 aliphatic heterocycles. The Bertz CT molecular complexity index is 1140. The van der Waals surface area contributed by atoms with Crippen LogP contribution in [0.4, 0.5) is 0 Å². The highest BCUT2D eigenvalue weighted by molar-refractivity contribution is 9.10. The van der Waals surface area contributed by atoms with E-state index in [1.807, 2.05) is 25.1 Å². The van der Waals surface area contributed by atoms with Crippen molar-refractivity contribution in [2.45, 2.75) is 26.2 Å². The lowest BCUT2D eigenvalue weighted by Gasteiger charge is -2.14. The lowest BCUT2D eigenvalue weighted by molar-refractivity contribution is 0.392. The van der Waals surface area contributed by atoms with E-state index in [9.17, 15) is 4.79 Å². The van der Waals surface area contributed by atoms with Gasteiger partial charge in [0.15, 0.2) is 0 Å². The minimum Gasteiger partial charge on any atom is -0.496 e. The van der Waals surface area contributed by atoms with Crippen LogP contribution in [0.25, 0.3) is 10.9 Å². The molecule has 0 amide bonds. The number of rotatable bonds is 6. The summed E-state index contributed by atoms with van der Waals surface area (Å²) in [6, 6.07) is 9.08. The molecule has 0 spiro atoms. The quantitative estimate of drug-likeness (QED) is 0.410. The SMILES string of the molecule is CC[C@@H](C)c1nc2ccc(Br)cc2c(=O)n1N=Cc1cc(Br)c(OC)cc1OC. The van der Waals surface area contributed by atoms with E-state index in [2.05, 4.69) is 43.9 Å². The van der Waals surface area contributed by atoms with Gasteiger partial charge in [-0.15, -0.1) is 0 Å². The van der Waals surface area contributed by atoms with Crippen molar-refractivity contribution in [3.8, 4) is 11.5 Å². The molecule has 1 heterocycles. The van der Waals surface area contributed by atoms with E-state index in [1.54, 1.807) is 32.6 Å². The fourth-order valence-corrected chi connectivity index (χ4v) is 3.77. The topological polar surface area (TPSA) is 65.7 Å². The largest absolute Gasteiger partial charge is 0.496 e. The third-order valence-corrected chi connectivity index (χ3v) is 5.82. The Labute approximate surface area is 185 Å². The van der Waals surface area contributed by atoms with E-state index in [-0.39, 0.29) is 11.5 Å². The number of methoxy groups -OCH3 is 2. The summed E-state index contributed by atoms with van der Waals surface area (Å²) in [5.74, 6) is 1.92. The van der Waals surface area contributed by atoms with Crippen LogP contribution in [0.2, 0.25) is 0 Å². The molecule has 0 saturated heterocycles. The van der Waals surface area contributed by atoms with Crippen LogP contribution in [0.1, 0.15) is 37.6 Å². The van der Waals surface area contributed by atoms with E-state index in [0.717, 1.165) is 15.4 Å². The minimum absolute atomic E-state index is 0.0670. The predicted molar refractivity (Wildman–Crippen MR) is 123 cm³/mol. The Morgan fingerprint density at radius 1 is 1.17 bits per heavy atom. The summed E-state index contributed by atoms with van der Waals surface area (Å²) in [5, 5.41) is 5.00. The highest BCUT2D eigenvalue weighted by atomic mass is 79.9. The highest BCUT2D eigenvalue weighted by Gasteiger charge is 2.16. The lowest BCUT2D eigenvalue weighted by Crippen LogP contribution is -2.23. The second-order valence-corrected chi connectivity index (χ2v) is 8.30. The Morgan fingerprint density at radius 2 is 1.90 bits per heavy atom. The first-order valence-electron chi connectivity index (χ1n) is 9.07. The molecule has 0 radical (unpaired) electrons. The second-order valence-electron chi connectivity index (χ2n) is 6.53. The normalized spacial score (nSPS) is 12.5. The van der Waals surface area contributed by atoms with Gasteiger partial charge in [-0.3, -0.25) is 4.79 Å².